The lowest BCUT2D eigenvalue weighted by molar-refractivity contribution is -0.121. The van der Waals surface area contributed by atoms with Crippen LogP contribution < -0.4 is 21.9 Å². The molecule has 2 amide bonds. The summed E-state index contributed by atoms with van der Waals surface area (Å²) in [7, 11) is 0. The van der Waals surface area contributed by atoms with E-state index in [0.717, 1.165) is 25.3 Å². The van der Waals surface area contributed by atoms with Gasteiger partial charge in [0.1, 0.15) is 11.9 Å². The number of hydrogen-bond acceptors (Lipinski definition) is 5. The molecule has 40 heavy (non-hydrogen) atoms. The first kappa shape index (κ1) is 27.3. The van der Waals surface area contributed by atoms with Crippen molar-refractivity contribution in [3.05, 3.63) is 74.2 Å². The highest BCUT2D eigenvalue weighted by molar-refractivity contribution is 5.98. The summed E-state index contributed by atoms with van der Waals surface area (Å²) < 4.78 is 16.8. The van der Waals surface area contributed by atoms with Crippen LogP contribution in [-0.4, -0.2) is 27.0 Å². The minimum Gasteiger partial charge on any atom is -0.349 e. The van der Waals surface area contributed by atoms with Crippen LogP contribution in [-0.2, 0) is 11.3 Å². The van der Waals surface area contributed by atoms with E-state index in [0.29, 0.717) is 48.2 Å². The molecular weight excluding hydrogens is 513 g/mol. The minimum absolute atomic E-state index is 0.0959. The van der Waals surface area contributed by atoms with Gasteiger partial charge in [-0.15, -0.1) is 0 Å². The molecule has 1 heterocycles. The highest BCUT2D eigenvalue weighted by Crippen LogP contribution is 2.30. The maximum absolute atomic E-state index is 13.9. The number of benzene rings is 2. The van der Waals surface area contributed by atoms with Gasteiger partial charge >= 0.3 is 5.69 Å². The lowest BCUT2D eigenvalue weighted by atomic mass is 9.85. The van der Waals surface area contributed by atoms with E-state index in [4.69, 9.17) is 5.26 Å². The molecule has 1 aromatic heterocycles. The number of nitrogens with one attached hydrogen (secondary N) is 2. The zero-order chi connectivity index (χ0) is 28.6. The van der Waals surface area contributed by atoms with E-state index in [1.165, 1.54) is 16.7 Å². The van der Waals surface area contributed by atoms with Gasteiger partial charge in [0.25, 0.3) is 11.5 Å². The first-order chi connectivity index (χ1) is 19.2. The topological polar surface area (TPSA) is 126 Å². The molecule has 0 aliphatic heterocycles. The molecule has 1 unspecified atom stereocenters. The van der Waals surface area contributed by atoms with Gasteiger partial charge in [-0.1, -0.05) is 6.42 Å². The van der Waals surface area contributed by atoms with E-state index in [2.05, 4.69) is 10.6 Å². The molecule has 2 N–H and O–H groups in total. The third kappa shape index (κ3) is 5.55. The number of rotatable bonds is 7. The third-order valence-corrected chi connectivity index (χ3v) is 7.82. The molecule has 3 aromatic rings. The SMILES string of the molecule is CC(C)n1c(=O)n(CC2CC2)c(=O)c2cc(C(=O)N[C@@H]3CCCC(C(=O)Nc4ccc(C#N)c(F)c4)C3)ccc21. The van der Waals surface area contributed by atoms with Crippen LogP contribution in [0, 0.1) is 29.0 Å². The molecule has 208 valence electrons. The third-order valence-electron chi connectivity index (χ3n) is 7.82. The summed E-state index contributed by atoms with van der Waals surface area (Å²) in [6.07, 6.45) is 4.49. The first-order valence-electron chi connectivity index (χ1n) is 13.8. The van der Waals surface area contributed by atoms with E-state index >= 15 is 0 Å². The fourth-order valence-corrected chi connectivity index (χ4v) is 5.50. The van der Waals surface area contributed by atoms with Crippen molar-refractivity contribution in [2.75, 3.05) is 5.32 Å². The second kappa shape index (κ2) is 11.1. The summed E-state index contributed by atoms with van der Waals surface area (Å²) in [5.41, 5.74) is 0.287. The van der Waals surface area contributed by atoms with Crippen molar-refractivity contribution in [2.45, 2.75) is 71.0 Å². The quantitative estimate of drug-likeness (QED) is 0.463. The average Bonchev–Trinajstić information content (AvgIpc) is 3.75. The highest BCUT2D eigenvalue weighted by Gasteiger charge is 2.29. The number of carbonyl (C=O) groups excluding carboxylic acids is 2. The molecule has 10 heteroatoms. The van der Waals surface area contributed by atoms with Crippen molar-refractivity contribution in [3.8, 4) is 6.07 Å². The summed E-state index contributed by atoms with van der Waals surface area (Å²) in [5.74, 6) is -1.35. The largest absolute Gasteiger partial charge is 0.349 e. The van der Waals surface area contributed by atoms with Crippen LogP contribution in [0.4, 0.5) is 10.1 Å². The number of halogens is 1. The van der Waals surface area contributed by atoms with E-state index in [1.807, 2.05) is 13.8 Å². The number of hydrogen-bond donors (Lipinski definition) is 2. The van der Waals surface area contributed by atoms with Gasteiger partial charge in [0.05, 0.1) is 16.5 Å². The molecular formula is C30H32FN5O4. The van der Waals surface area contributed by atoms with Crippen LogP contribution in [0.15, 0.2) is 46.0 Å². The smallest absolute Gasteiger partial charge is 0.331 e. The zero-order valence-corrected chi connectivity index (χ0v) is 22.6. The summed E-state index contributed by atoms with van der Waals surface area (Å²) in [4.78, 5) is 52.5. The predicted octanol–water partition coefficient (Wildman–Crippen LogP) is 4.09. The van der Waals surface area contributed by atoms with Gasteiger partial charge in [-0.2, -0.15) is 5.26 Å². The van der Waals surface area contributed by atoms with Crippen LogP contribution in [0.5, 0.6) is 0 Å². The second-order valence-corrected chi connectivity index (χ2v) is 11.2. The lowest BCUT2D eigenvalue weighted by Gasteiger charge is -2.29. The zero-order valence-electron chi connectivity index (χ0n) is 22.6. The summed E-state index contributed by atoms with van der Waals surface area (Å²) in [6.45, 7) is 4.17. The Balaban J connectivity index is 1.32. The summed E-state index contributed by atoms with van der Waals surface area (Å²) in [6, 6.07) is 10.1. The van der Waals surface area contributed by atoms with Gasteiger partial charge in [-0.3, -0.25) is 23.5 Å². The van der Waals surface area contributed by atoms with Crippen molar-refractivity contribution in [1.82, 2.24) is 14.5 Å². The molecule has 2 atom stereocenters. The molecule has 2 saturated carbocycles. The van der Waals surface area contributed by atoms with E-state index < -0.39 is 5.82 Å². The predicted molar refractivity (Wildman–Crippen MR) is 149 cm³/mol. The number of aromatic nitrogens is 2. The number of carbonyl (C=O) groups is 2. The van der Waals surface area contributed by atoms with Crippen molar-refractivity contribution in [2.24, 2.45) is 11.8 Å². The van der Waals surface area contributed by atoms with Gasteiger partial charge in [0.2, 0.25) is 5.91 Å². The highest BCUT2D eigenvalue weighted by atomic mass is 19.1. The van der Waals surface area contributed by atoms with Crippen molar-refractivity contribution < 1.29 is 14.0 Å². The molecule has 0 saturated heterocycles. The first-order valence-corrected chi connectivity index (χ1v) is 13.8. The molecule has 5 rings (SSSR count). The maximum Gasteiger partial charge on any atom is 0.331 e. The fourth-order valence-electron chi connectivity index (χ4n) is 5.50. The lowest BCUT2D eigenvalue weighted by Crippen LogP contribution is -2.42. The van der Waals surface area contributed by atoms with Crippen LogP contribution in [0.2, 0.25) is 0 Å². The van der Waals surface area contributed by atoms with E-state index in [1.54, 1.807) is 28.8 Å². The Hall–Kier alpha value is -4.26. The van der Waals surface area contributed by atoms with Crippen molar-refractivity contribution in [1.29, 1.82) is 5.26 Å². The maximum atomic E-state index is 13.9. The molecule has 0 radical (unpaired) electrons. The molecule has 0 spiro atoms. The minimum atomic E-state index is -0.700. The summed E-state index contributed by atoms with van der Waals surface area (Å²) in [5, 5.41) is 14.9. The summed E-state index contributed by atoms with van der Waals surface area (Å²) >= 11 is 0. The van der Waals surface area contributed by atoms with Gasteiger partial charge in [0.15, 0.2) is 0 Å². The standard InChI is InChI=1S/C30H32FN5O4/c1-17(2)36-26-11-9-20(13-24(26)29(39)35(30(36)40)16-18-6-7-18)28(38)33-22-5-3-4-19(12-22)27(37)34-23-10-8-21(15-32)25(31)14-23/h8-11,13-14,17-19,22H,3-7,12,16H2,1-2H3,(H,33,38)(H,34,37)/t19?,22-/m1/s1. The molecule has 2 aliphatic carbocycles. The van der Waals surface area contributed by atoms with Gasteiger partial charge in [0, 0.05) is 35.8 Å². The Morgan fingerprint density at radius 1 is 1.10 bits per heavy atom. The number of amides is 2. The van der Waals surface area contributed by atoms with Crippen molar-refractivity contribution in [3.63, 3.8) is 0 Å². The van der Waals surface area contributed by atoms with E-state index in [-0.39, 0.29) is 52.3 Å². The number of fused-ring (bicyclic) bond motifs is 1. The number of nitrogens with zero attached hydrogens (tertiary/aromatic N) is 3. The number of anilines is 1. The molecule has 0 bridgehead atoms. The Bertz CT molecular complexity index is 1650. The van der Waals surface area contributed by atoms with Gasteiger partial charge in [-0.25, -0.2) is 9.18 Å². The van der Waals surface area contributed by atoms with Crippen LogP contribution in [0.1, 0.15) is 74.3 Å². The Morgan fingerprint density at radius 2 is 1.88 bits per heavy atom. The van der Waals surface area contributed by atoms with Crippen LogP contribution in [0.25, 0.3) is 10.9 Å². The second-order valence-electron chi connectivity index (χ2n) is 11.2. The molecule has 2 aromatic carbocycles. The van der Waals surface area contributed by atoms with E-state index in [9.17, 15) is 23.6 Å². The molecule has 2 fully saturated rings. The monoisotopic (exact) mass is 545 g/mol. The fraction of sp³-hybridized carbons (Fsp3) is 0.433. The Labute approximate surface area is 230 Å². The Morgan fingerprint density at radius 3 is 2.55 bits per heavy atom. The van der Waals surface area contributed by atoms with Crippen molar-refractivity contribution >= 4 is 28.4 Å². The molecule has 9 nitrogen and oxygen atoms in total. The molecule has 2 aliphatic rings. The Kier molecular flexibility index (Phi) is 7.57. The van der Waals surface area contributed by atoms with Crippen LogP contribution >= 0.6 is 0 Å². The van der Waals surface area contributed by atoms with Gasteiger partial charge in [-0.05, 0) is 88.3 Å². The average molecular weight is 546 g/mol. The normalized spacial score (nSPS) is 18.9. The van der Waals surface area contributed by atoms with Crippen LogP contribution in [0.3, 0.4) is 0 Å². The van der Waals surface area contributed by atoms with Gasteiger partial charge < -0.3 is 10.6 Å². The number of nitriles is 1.